The Kier molecular flexibility index (Phi) is 10.4. The number of likely N-dealkylation sites (tertiary alicyclic amines) is 2. The third-order valence-corrected chi connectivity index (χ3v) is 7.11. The molecular weight excluding hydrogens is 351 g/mol. The highest BCUT2D eigenvalue weighted by Gasteiger charge is 2.42. The molecule has 0 atom stereocenters. The Balaban J connectivity index is 0.00000161. The van der Waals surface area contributed by atoms with Crippen molar-refractivity contribution in [3.63, 3.8) is 0 Å². The van der Waals surface area contributed by atoms with E-state index in [4.69, 9.17) is 0 Å². The third-order valence-electron chi connectivity index (χ3n) is 7.11. The minimum Gasteiger partial charge on any atom is -1.00 e. The van der Waals surface area contributed by atoms with Crippen molar-refractivity contribution in [1.29, 1.82) is 0 Å². The first kappa shape index (κ1) is 23.8. The van der Waals surface area contributed by atoms with Gasteiger partial charge in [-0.2, -0.15) is 0 Å². The van der Waals surface area contributed by atoms with Crippen LogP contribution in [0.25, 0.3) is 0 Å². The molecule has 23 heavy (non-hydrogen) atoms. The van der Waals surface area contributed by atoms with Crippen molar-refractivity contribution >= 4 is 12.4 Å². The molecular formula is C18H37Cl3N2. The minimum atomic E-state index is 0. The van der Waals surface area contributed by atoms with Gasteiger partial charge in [-0.05, 0) is 38.5 Å². The monoisotopic (exact) mass is 386 g/mol. The van der Waals surface area contributed by atoms with Crippen molar-refractivity contribution in [2.75, 3.05) is 40.3 Å². The van der Waals surface area contributed by atoms with E-state index < -0.39 is 0 Å². The molecule has 3 rings (SSSR count). The van der Waals surface area contributed by atoms with Crippen LogP contribution < -0.4 is 24.8 Å². The molecule has 2 aliphatic heterocycles. The summed E-state index contributed by atoms with van der Waals surface area (Å²) >= 11 is 0. The number of rotatable bonds is 2. The number of hydrogen-bond donors (Lipinski definition) is 0. The van der Waals surface area contributed by atoms with Gasteiger partial charge in [-0.3, -0.25) is 0 Å². The highest BCUT2D eigenvalue weighted by molar-refractivity contribution is 5.85. The maximum absolute atomic E-state index is 2.56. The molecule has 0 N–H and O–H groups in total. The first-order chi connectivity index (χ1) is 9.62. The van der Waals surface area contributed by atoms with Gasteiger partial charge in [0, 0.05) is 25.7 Å². The number of piperidine rings is 2. The summed E-state index contributed by atoms with van der Waals surface area (Å²) in [4.78, 5) is 0. The molecule has 0 aromatic carbocycles. The molecule has 0 aromatic heterocycles. The Labute approximate surface area is 162 Å². The van der Waals surface area contributed by atoms with E-state index >= 15 is 0 Å². The van der Waals surface area contributed by atoms with Crippen molar-refractivity contribution in [1.82, 2.24) is 0 Å². The molecule has 0 spiro atoms. The molecule has 0 aromatic rings. The van der Waals surface area contributed by atoms with Gasteiger partial charge < -0.3 is 33.8 Å². The first-order valence-electron chi connectivity index (χ1n) is 9.31. The lowest BCUT2D eigenvalue weighted by atomic mass is 9.85. The van der Waals surface area contributed by atoms with Crippen LogP contribution in [0.1, 0.15) is 64.2 Å². The van der Waals surface area contributed by atoms with Gasteiger partial charge >= 0.3 is 0 Å². The van der Waals surface area contributed by atoms with Crippen LogP contribution in [0, 0.1) is 0 Å². The van der Waals surface area contributed by atoms with Gasteiger partial charge in [-0.15, -0.1) is 12.4 Å². The summed E-state index contributed by atoms with van der Waals surface area (Å²) < 4.78 is 2.83. The number of nitrogens with zero attached hydrogens (tertiary/aromatic N) is 2. The van der Waals surface area contributed by atoms with Gasteiger partial charge in [0.15, 0.2) is 0 Å². The van der Waals surface area contributed by atoms with Gasteiger partial charge in [0.05, 0.1) is 52.4 Å². The standard InChI is InChI=1S/C18H36N2.3ClH/c1-19(13-5-3-6-14-19)17-9-11-18(12-10-17)20(2)15-7-4-8-16-20;;;/h17-18H,3-16H2,1-2H3;3*1H/q+2;;;/p-2/t17-,18-;;;. The minimum absolute atomic E-state index is 0. The number of halogens is 3. The van der Waals surface area contributed by atoms with E-state index in [1.54, 1.807) is 0 Å². The van der Waals surface area contributed by atoms with Crippen molar-refractivity contribution in [2.45, 2.75) is 76.3 Å². The number of quaternary nitrogens is 2. The molecule has 1 aliphatic carbocycles. The molecule has 3 fully saturated rings. The molecule has 2 heterocycles. The van der Waals surface area contributed by atoms with Crippen LogP contribution in [-0.2, 0) is 0 Å². The molecule has 1 saturated carbocycles. The van der Waals surface area contributed by atoms with Crippen LogP contribution in [0.3, 0.4) is 0 Å². The Bertz CT molecular complexity index is 286. The zero-order valence-electron chi connectivity index (χ0n) is 15.1. The maximum atomic E-state index is 2.56. The zero-order chi connectivity index (χ0) is 14.1. The van der Waals surface area contributed by atoms with Crippen LogP contribution in [-0.4, -0.2) is 61.3 Å². The fourth-order valence-corrected chi connectivity index (χ4v) is 5.50. The van der Waals surface area contributed by atoms with Crippen LogP contribution in [0.5, 0.6) is 0 Å². The second kappa shape index (κ2) is 10.1. The summed E-state index contributed by atoms with van der Waals surface area (Å²) in [7, 11) is 5.11. The predicted octanol–water partition coefficient (Wildman–Crippen LogP) is -2.01. The molecule has 5 heteroatoms. The topological polar surface area (TPSA) is 0 Å². The van der Waals surface area contributed by atoms with Gasteiger partial charge in [-0.25, -0.2) is 0 Å². The van der Waals surface area contributed by atoms with E-state index in [1.165, 1.54) is 99.4 Å². The molecule has 0 unspecified atom stereocenters. The Morgan fingerprint density at radius 1 is 0.522 bits per heavy atom. The van der Waals surface area contributed by atoms with E-state index in [0.29, 0.717) is 0 Å². The van der Waals surface area contributed by atoms with E-state index in [9.17, 15) is 0 Å². The Morgan fingerprint density at radius 2 is 0.783 bits per heavy atom. The van der Waals surface area contributed by atoms with Gasteiger partial charge in [-0.1, -0.05) is 0 Å². The molecule has 0 amide bonds. The van der Waals surface area contributed by atoms with E-state index in [-0.39, 0.29) is 37.2 Å². The van der Waals surface area contributed by atoms with Gasteiger partial charge in [0.2, 0.25) is 0 Å². The van der Waals surface area contributed by atoms with E-state index in [2.05, 4.69) is 14.1 Å². The summed E-state index contributed by atoms with van der Waals surface area (Å²) in [6, 6.07) is 1.98. The average molecular weight is 388 g/mol. The largest absolute Gasteiger partial charge is 1.00 e. The Morgan fingerprint density at radius 3 is 1.04 bits per heavy atom. The Hall–Kier alpha value is 0.790. The SMILES string of the molecule is C[N+]1([C@H]2CC[C@H]([N+]3(C)CCCCC3)CC2)CCCCC1.Cl.[Cl-].[Cl-]. The molecule has 0 bridgehead atoms. The quantitative estimate of drug-likeness (QED) is 0.480. The smallest absolute Gasteiger partial charge is 0.0892 e. The molecule has 2 saturated heterocycles. The van der Waals surface area contributed by atoms with Crippen LogP contribution >= 0.6 is 12.4 Å². The molecule has 140 valence electrons. The first-order valence-corrected chi connectivity index (χ1v) is 9.31. The fraction of sp³-hybridized carbons (Fsp3) is 1.00. The highest BCUT2D eigenvalue weighted by atomic mass is 35.5. The van der Waals surface area contributed by atoms with Crippen LogP contribution in [0.2, 0.25) is 0 Å². The molecule has 0 radical (unpaired) electrons. The van der Waals surface area contributed by atoms with Crippen molar-refractivity contribution < 1.29 is 33.8 Å². The summed E-state index contributed by atoms with van der Waals surface area (Å²) in [5, 5.41) is 0. The van der Waals surface area contributed by atoms with E-state index in [0.717, 1.165) is 12.1 Å². The second-order valence-electron chi connectivity index (χ2n) is 8.44. The van der Waals surface area contributed by atoms with E-state index in [1.807, 2.05) is 0 Å². The second-order valence-corrected chi connectivity index (χ2v) is 8.44. The van der Waals surface area contributed by atoms with Crippen molar-refractivity contribution in [3.05, 3.63) is 0 Å². The van der Waals surface area contributed by atoms with Crippen LogP contribution in [0.4, 0.5) is 0 Å². The van der Waals surface area contributed by atoms with Gasteiger partial charge in [0.1, 0.15) is 0 Å². The van der Waals surface area contributed by atoms with Gasteiger partial charge in [0.25, 0.3) is 0 Å². The lowest BCUT2D eigenvalue weighted by Crippen LogP contribution is -3.00. The predicted molar refractivity (Wildman–Crippen MR) is 92.8 cm³/mol. The summed E-state index contributed by atoms with van der Waals surface area (Å²) in [6.45, 7) is 5.84. The fourth-order valence-electron chi connectivity index (χ4n) is 5.50. The highest BCUT2D eigenvalue weighted by Crippen LogP contribution is 2.35. The summed E-state index contributed by atoms with van der Waals surface area (Å²) in [5.74, 6) is 0. The van der Waals surface area contributed by atoms with Crippen molar-refractivity contribution in [2.24, 2.45) is 0 Å². The lowest BCUT2D eigenvalue weighted by molar-refractivity contribution is -0.952. The number of hydrogen-bond acceptors (Lipinski definition) is 0. The molecule has 3 aliphatic rings. The van der Waals surface area contributed by atoms with Crippen LogP contribution in [0.15, 0.2) is 0 Å². The average Bonchev–Trinajstić information content (AvgIpc) is 2.49. The lowest BCUT2D eigenvalue weighted by Gasteiger charge is -2.50. The maximum Gasteiger partial charge on any atom is 0.0892 e. The summed E-state index contributed by atoms with van der Waals surface area (Å²) in [5.41, 5.74) is 0. The van der Waals surface area contributed by atoms with Crippen molar-refractivity contribution in [3.8, 4) is 0 Å². The molecule has 2 nitrogen and oxygen atoms in total. The summed E-state index contributed by atoms with van der Waals surface area (Å²) in [6.07, 6.45) is 14.9. The third kappa shape index (κ3) is 5.38. The zero-order valence-corrected chi connectivity index (χ0v) is 17.4. The normalized spacial score (nSPS) is 32.6.